The van der Waals surface area contributed by atoms with Crippen LogP contribution in [0.2, 0.25) is 0 Å². The maximum Gasteiger partial charge on any atom is 0.221 e. The van der Waals surface area contributed by atoms with Gasteiger partial charge in [0, 0.05) is 18.7 Å². The Hall–Kier alpha value is -1.22. The average molecular weight is 242 g/mol. The van der Waals surface area contributed by atoms with Crippen molar-refractivity contribution in [3.05, 3.63) is 24.3 Å². The van der Waals surface area contributed by atoms with E-state index in [4.69, 9.17) is 16.3 Å². The number of carbonyl (C=O) groups is 1. The van der Waals surface area contributed by atoms with Crippen LogP contribution in [0.1, 0.15) is 13.8 Å². The highest BCUT2D eigenvalue weighted by molar-refractivity contribution is 6.18. The summed E-state index contributed by atoms with van der Waals surface area (Å²) in [7, 11) is 0. The SMILES string of the molecule is CC(=O)Nc1ccccc1OCC(C)CCl. The fraction of sp³-hybridized carbons (Fsp3) is 0.417. The highest BCUT2D eigenvalue weighted by Gasteiger charge is 2.06. The molecule has 1 rings (SSSR count). The number of hydrogen-bond acceptors (Lipinski definition) is 2. The summed E-state index contributed by atoms with van der Waals surface area (Å²) in [6, 6.07) is 7.35. The first kappa shape index (κ1) is 12.8. The molecule has 0 saturated heterocycles. The molecule has 3 nitrogen and oxygen atoms in total. The topological polar surface area (TPSA) is 38.3 Å². The van der Waals surface area contributed by atoms with Gasteiger partial charge in [-0.25, -0.2) is 0 Å². The zero-order valence-corrected chi connectivity index (χ0v) is 10.3. The van der Waals surface area contributed by atoms with Gasteiger partial charge in [0.25, 0.3) is 0 Å². The number of carbonyl (C=O) groups excluding carboxylic acids is 1. The maximum atomic E-state index is 11.0. The van der Waals surface area contributed by atoms with Crippen LogP contribution in [0.4, 0.5) is 5.69 Å². The van der Waals surface area contributed by atoms with E-state index in [-0.39, 0.29) is 11.8 Å². The molecule has 0 aliphatic rings. The van der Waals surface area contributed by atoms with Crippen LogP contribution in [0.5, 0.6) is 5.75 Å². The number of halogens is 1. The van der Waals surface area contributed by atoms with Gasteiger partial charge in [-0.05, 0) is 12.1 Å². The molecule has 1 atom stereocenters. The summed E-state index contributed by atoms with van der Waals surface area (Å²) >= 11 is 5.69. The lowest BCUT2D eigenvalue weighted by atomic mass is 10.2. The minimum absolute atomic E-state index is 0.110. The number of alkyl halides is 1. The molecule has 1 aromatic carbocycles. The molecule has 0 bridgehead atoms. The summed E-state index contributed by atoms with van der Waals surface area (Å²) in [5, 5.41) is 2.72. The molecule has 0 fully saturated rings. The van der Waals surface area contributed by atoms with Crippen LogP contribution in [0, 0.1) is 5.92 Å². The highest BCUT2D eigenvalue weighted by Crippen LogP contribution is 2.24. The van der Waals surface area contributed by atoms with Crippen LogP contribution >= 0.6 is 11.6 Å². The number of nitrogens with one attached hydrogen (secondary N) is 1. The Balaban J connectivity index is 2.67. The fourth-order valence-corrected chi connectivity index (χ4v) is 1.25. The molecule has 1 amide bonds. The molecular formula is C12H16ClNO2. The predicted octanol–water partition coefficient (Wildman–Crippen LogP) is 2.90. The van der Waals surface area contributed by atoms with Gasteiger partial charge in [0.2, 0.25) is 5.91 Å². The molecule has 0 heterocycles. The quantitative estimate of drug-likeness (QED) is 0.805. The van der Waals surface area contributed by atoms with Gasteiger partial charge in [-0.3, -0.25) is 4.79 Å². The maximum absolute atomic E-state index is 11.0. The van der Waals surface area contributed by atoms with Crippen LogP contribution in [-0.4, -0.2) is 18.4 Å². The summed E-state index contributed by atoms with van der Waals surface area (Å²) in [5.41, 5.74) is 0.691. The van der Waals surface area contributed by atoms with Crippen LogP contribution in [-0.2, 0) is 4.79 Å². The van der Waals surface area contributed by atoms with Crippen molar-refractivity contribution in [1.29, 1.82) is 0 Å². The summed E-state index contributed by atoms with van der Waals surface area (Å²) in [4.78, 5) is 11.0. The van der Waals surface area contributed by atoms with E-state index in [1.54, 1.807) is 0 Å². The third kappa shape index (κ3) is 4.11. The van der Waals surface area contributed by atoms with E-state index >= 15 is 0 Å². The van der Waals surface area contributed by atoms with Crippen LogP contribution < -0.4 is 10.1 Å². The van der Waals surface area contributed by atoms with Gasteiger partial charge < -0.3 is 10.1 Å². The molecule has 1 aromatic rings. The van der Waals surface area contributed by atoms with E-state index in [1.807, 2.05) is 31.2 Å². The Labute approximate surface area is 101 Å². The summed E-state index contributed by atoms with van der Waals surface area (Å²) in [6.07, 6.45) is 0. The lowest BCUT2D eigenvalue weighted by Gasteiger charge is -2.13. The first-order valence-electron chi connectivity index (χ1n) is 5.19. The minimum Gasteiger partial charge on any atom is -0.491 e. The van der Waals surface area contributed by atoms with Crippen LogP contribution in [0.3, 0.4) is 0 Å². The monoisotopic (exact) mass is 241 g/mol. The van der Waals surface area contributed by atoms with Crippen molar-refractivity contribution < 1.29 is 9.53 Å². The molecule has 0 saturated carbocycles. The second-order valence-electron chi connectivity index (χ2n) is 3.75. The molecule has 0 radical (unpaired) electrons. The third-order valence-corrected chi connectivity index (χ3v) is 2.51. The first-order chi connectivity index (χ1) is 7.63. The Morgan fingerprint density at radius 3 is 2.81 bits per heavy atom. The van der Waals surface area contributed by atoms with Gasteiger partial charge in [0.1, 0.15) is 5.75 Å². The fourth-order valence-electron chi connectivity index (χ4n) is 1.16. The molecular weight excluding hydrogens is 226 g/mol. The molecule has 1 N–H and O–H groups in total. The Bertz CT molecular complexity index is 355. The second kappa shape index (κ2) is 6.38. The molecule has 0 aliphatic carbocycles. The van der Waals surface area contributed by atoms with Crippen molar-refractivity contribution in [3.8, 4) is 5.75 Å². The van der Waals surface area contributed by atoms with E-state index in [2.05, 4.69) is 5.32 Å². The van der Waals surface area contributed by atoms with Gasteiger partial charge in [-0.15, -0.1) is 11.6 Å². The molecule has 88 valence electrons. The lowest BCUT2D eigenvalue weighted by Crippen LogP contribution is -2.12. The van der Waals surface area contributed by atoms with E-state index in [0.717, 1.165) is 0 Å². The van der Waals surface area contributed by atoms with E-state index in [9.17, 15) is 4.79 Å². The number of anilines is 1. The normalized spacial score (nSPS) is 11.9. The van der Waals surface area contributed by atoms with Gasteiger partial charge in [0.05, 0.1) is 12.3 Å². The third-order valence-electron chi connectivity index (χ3n) is 1.98. The summed E-state index contributed by atoms with van der Waals surface area (Å²) in [6.45, 7) is 4.02. The molecule has 0 aromatic heterocycles. The standard InChI is InChI=1S/C12H16ClNO2/c1-9(7-13)8-16-12-6-4-3-5-11(12)14-10(2)15/h3-6,9H,7-8H2,1-2H3,(H,14,15). The Morgan fingerprint density at radius 2 is 2.19 bits per heavy atom. The minimum atomic E-state index is -0.110. The van der Waals surface area contributed by atoms with Crippen molar-refractivity contribution in [1.82, 2.24) is 0 Å². The Morgan fingerprint density at radius 1 is 1.50 bits per heavy atom. The smallest absolute Gasteiger partial charge is 0.221 e. The zero-order valence-electron chi connectivity index (χ0n) is 9.50. The van der Waals surface area contributed by atoms with Crippen molar-refractivity contribution in [2.75, 3.05) is 17.8 Å². The lowest BCUT2D eigenvalue weighted by molar-refractivity contribution is -0.114. The number of rotatable bonds is 5. The number of ether oxygens (including phenoxy) is 1. The molecule has 0 aliphatic heterocycles. The van der Waals surface area contributed by atoms with Crippen molar-refractivity contribution in [2.45, 2.75) is 13.8 Å². The van der Waals surface area contributed by atoms with Gasteiger partial charge in [0.15, 0.2) is 0 Å². The van der Waals surface area contributed by atoms with Crippen LogP contribution in [0.25, 0.3) is 0 Å². The largest absolute Gasteiger partial charge is 0.491 e. The van der Waals surface area contributed by atoms with Gasteiger partial charge >= 0.3 is 0 Å². The molecule has 4 heteroatoms. The summed E-state index contributed by atoms with van der Waals surface area (Å²) in [5.74, 6) is 1.41. The van der Waals surface area contributed by atoms with Crippen molar-refractivity contribution in [2.24, 2.45) is 5.92 Å². The second-order valence-corrected chi connectivity index (χ2v) is 4.06. The van der Waals surface area contributed by atoms with Gasteiger partial charge in [-0.2, -0.15) is 0 Å². The highest BCUT2D eigenvalue weighted by atomic mass is 35.5. The van der Waals surface area contributed by atoms with Gasteiger partial charge in [-0.1, -0.05) is 19.1 Å². The van der Waals surface area contributed by atoms with E-state index in [1.165, 1.54) is 6.92 Å². The molecule has 16 heavy (non-hydrogen) atoms. The summed E-state index contributed by atoms with van der Waals surface area (Å²) < 4.78 is 5.59. The number of para-hydroxylation sites is 2. The zero-order chi connectivity index (χ0) is 12.0. The number of amides is 1. The number of benzene rings is 1. The van der Waals surface area contributed by atoms with Crippen LogP contribution in [0.15, 0.2) is 24.3 Å². The first-order valence-corrected chi connectivity index (χ1v) is 5.72. The van der Waals surface area contributed by atoms with Crippen molar-refractivity contribution >= 4 is 23.2 Å². The average Bonchev–Trinajstić information content (AvgIpc) is 2.26. The molecule has 1 unspecified atom stereocenters. The predicted molar refractivity (Wildman–Crippen MR) is 66.1 cm³/mol. The number of hydrogen-bond donors (Lipinski definition) is 1. The van der Waals surface area contributed by atoms with E-state index < -0.39 is 0 Å². The Kier molecular flexibility index (Phi) is 5.12. The van der Waals surface area contributed by atoms with E-state index in [0.29, 0.717) is 23.9 Å². The van der Waals surface area contributed by atoms with Crippen molar-refractivity contribution in [3.63, 3.8) is 0 Å². The molecule has 0 spiro atoms.